The Morgan fingerprint density at radius 2 is 1.58 bits per heavy atom. The molecule has 10 heteroatoms. The van der Waals surface area contributed by atoms with Crippen LogP contribution in [0.25, 0.3) is 0 Å². The number of rotatable bonds is 9. The van der Waals surface area contributed by atoms with Crippen LogP contribution in [0.1, 0.15) is 22.6 Å². The van der Waals surface area contributed by atoms with E-state index in [0.717, 1.165) is 22.4 Å². The van der Waals surface area contributed by atoms with Gasteiger partial charge in [-0.2, -0.15) is 9.82 Å². The second-order valence-corrected chi connectivity index (χ2v) is 11.4. The molecule has 0 saturated heterocycles. The zero-order chi connectivity index (χ0) is 26.5. The molecule has 38 heavy (non-hydrogen) atoms. The normalized spacial score (nSPS) is 16.3. The van der Waals surface area contributed by atoms with Crippen molar-refractivity contribution in [3.8, 4) is 0 Å². The van der Waals surface area contributed by atoms with Gasteiger partial charge in [0, 0.05) is 34.9 Å². The van der Waals surface area contributed by atoms with E-state index in [2.05, 4.69) is 27.2 Å². The first-order valence-corrected chi connectivity index (χ1v) is 14.2. The number of nitrogens with zero attached hydrogens (tertiary/aromatic N) is 3. The monoisotopic (exact) mass is 565 g/mol. The van der Waals surface area contributed by atoms with Crippen LogP contribution in [-0.2, 0) is 16.6 Å². The van der Waals surface area contributed by atoms with Gasteiger partial charge in [0.2, 0.25) is 10.0 Å². The minimum Gasteiger partial charge on any atom is -0.279 e. The molecule has 0 fully saturated rings. The van der Waals surface area contributed by atoms with E-state index in [1.807, 2.05) is 54.6 Å². The predicted molar refractivity (Wildman–Crippen MR) is 151 cm³/mol. The molecule has 5 rings (SSSR count). The van der Waals surface area contributed by atoms with Crippen LogP contribution in [0.4, 0.5) is 0 Å². The van der Waals surface area contributed by atoms with Gasteiger partial charge in [0.15, 0.2) is 6.29 Å². The molecule has 1 aliphatic heterocycles. The van der Waals surface area contributed by atoms with Crippen molar-refractivity contribution in [2.24, 2.45) is 5.10 Å². The Kier molecular flexibility index (Phi) is 8.06. The summed E-state index contributed by atoms with van der Waals surface area (Å²) in [4.78, 5) is 4.27. The highest BCUT2D eigenvalue weighted by Gasteiger charge is 2.34. The molecule has 2 heterocycles. The molecule has 0 amide bonds. The fraction of sp³-hybridized carbons (Fsp3) is 0.143. The quantitative estimate of drug-likeness (QED) is 0.271. The number of hydrogen-bond donors (Lipinski definition) is 2. The molecule has 0 radical (unpaired) electrons. The number of aromatic nitrogens is 1. The smallest absolute Gasteiger partial charge is 0.243 e. The molecule has 1 aromatic heterocycles. The van der Waals surface area contributed by atoms with Crippen LogP contribution in [0.15, 0.2) is 113 Å². The lowest BCUT2D eigenvalue weighted by Gasteiger charge is -2.28. The highest BCUT2D eigenvalue weighted by molar-refractivity contribution is 7.89. The maximum atomic E-state index is 13.4. The second-order valence-electron chi connectivity index (χ2n) is 8.80. The molecule has 4 aromatic rings. The van der Waals surface area contributed by atoms with Crippen molar-refractivity contribution in [1.82, 2.24) is 20.0 Å². The van der Waals surface area contributed by atoms with E-state index in [1.54, 1.807) is 29.5 Å². The first-order valence-electron chi connectivity index (χ1n) is 12.0. The average molecular weight is 567 g/mol. The van der Waals surface area contributed by atoms with Crippen molar-refractivity contribution in [1.29, 1.82) is 0 Å². The molecule has 0 bridgehead atoms. The van der Waals surface area contributed by atoms with Gasteiger partial charge < -0.3 is 0 Å². The van der Waals surface area contributed by atoms with Gasteiger partial charge in [-0.15, -0.1) is 0 Å². The minimum atomic E-state index is -3.90. The molecule has 0 spiro atoms. The molecule has 7 nitrogen and oxygen atoms in total. The van der Waals surface area contributed by atoms with Crippen LogP contribution >= 0.6 is 23.2 Å². The first-order chi connectivity index (χ1) is 18.4. The molecule has 194 valence electrons. The molecule has 2 atom stereocenters. The summed E-state index contributed by atoms with van der Waals surface area (Å²) in [5.41, 5.74) is 3.73. The maximum absolute atomic E-state index is 13.4. The van der Waals surface area contributed by atoms with Crippen molar-refractivity contribution >= 4 is 38.9 Å². The van der Waals surface area contributed by atoms with Gasteiger partial charge in [-0.1, -0.05) is 71.7 Å². The number of benzene rings is 3. The number of hydrazone groups is 1. The topological polar surface area (TPSA) is 86.7 Å². The Labute approximate surface area is 232 Å². The van der Waals surface area contributed by atoms with Crippen molar-refractivity contribution in [2.75, 3.05) is 6.54 Å². The Morgan fingerprint density at radius 3 is 2.24 bits per heavy atom. The summed E-state index contributed by atoms with van der Waals surface area (Å²) in [6.45, 7) is 0.829. The Hall–Kier alpha value is -3.27. The summed E-state index contributed by atoms with van der Waals surface area (Å²) in [6.07, 6.45) is 2.58. The van der Waals surface area contributed by atoms with Crippen LogP contribution in [0.5, 0.6) is 0 Å². The van der Waals surface area contributed by atoms with Gasteiger partial charge in [-0.3, -0.25) is 15.3 Å². The lowest BCUT2D eigenvalue weighted by atomic mass is 9.91. The molecule has 1 aliphatic rings. The molecule has 2 unspecified atom stereocenters. The lowest BCUT2D eigenvalue weighted by molar-refractivity contribution is 0.171. The highest BCUT2D eigenvalue weighted by Crippen LogP contribution is 2.30. The third-order valence-electron chi connectivity index (χ3n) is 6.19. The Morgan fingerprint density at radius 1 is 0.895 bits per heavy atom. The Bertz CT molecular complexity index is 1500. The molecular formula is C28H25Cl2N5O2S. The third-order valence-corrected chi connectivity index (χ3v) is 8.12. The van der Waals surface area contributed by atoms with Gasteiger partial charge in [0.05, 0.1) is 17.2 Å². The Balaban J connectivity index is 1.49. The van der Waals surface area contributed by atoms with E-state index in [1.165, 1.54) is 12.1 Å². The van der Waals surface area contributed by atoms with Crippen LogP contribution in [0, 0.1) is 0 Å². The number of sulfonamides is 1. The van der Waals surface area contributed by atoms with Gasteiger partial charge in [0.25, 0.3) is 0 Å². The molecule has 0 saturated carbocycles. The fourth-order valence-electron chi connectivity index (χ4n) is 4.27. The van der Waals surface area contributed by atoms with Gasteiger partial charge in [-0.25, -0.2) is 8.42 Å². The van der Waals surface area contributed by atoms with Gasteiger partial charge >= 0.3 is 0 Å². The highest BCUT2D eigenvalue weighted by atomic mass is 35.5. The van der Waals surface area contributed by atoms with Crippen LogP contribution in [0.3, 0.4) is 0 Å². The standard InChI is InChI=1S/C28H25Cl2N5O2S/c29-23-10-8-22(9-11-23)27-26(21-6-2-1-3-7-21)19-35(33-27)28(32-18-20-5-4-16-31-17-20)34-38(36,37)25-14-12-24(30)13-15-25/h1-17,26,28,32,34H,18-19H2. The van der Waals surface area contributed by atoms with E-state index in [-0.39, 0.29) is 10.8 Å². The van der Waals surface area contributed by atoms with E-state index in [0.29, 0.717) is 23.1 Å². The van der Waals surface area contributed by atoms with E-state index >= 15 is 0 Å². The van der Waals surface area contributed by atoms with Crippen molar-refractivity contribution in [3.05, 3.63) is 130 Å². The van der Waals surface area contributed by atoms with Crippen LogP contribution in [0.2, 0.25) is 10.0 Å². The number of halogens is 2. The van der Waals surface area contributed by atoms with E-state index < -0.39 is 16.3 Å². The average Bonchev–Trinajstić information content (AvgIpc) is 3.38. The third kappa shape index (κ3) is 6.23. The molecular weight excluding hydrogens is 541 g/mol. The molecule has 2 N–H and O–H groups in total. The summed E-state index contributed by atoms with van der Waals surface area (Å²) in [5.74, 6) is -0.0832. The molecule has 0 aliphatic carbocycles. The van der Waals surface area contributed by atoms with Crippen molar-refractivity contribution < 1.29 is 8.42 Å². The number of hydrogen-bond acceptors (Lipinski definition) is 6. The molecule has 3 aromatic carbocycles. The summed E-state index contributed by atoms with van der Waals surface area (Å²) in [6, 6.07) is 27.3. The van der Waals surface area contributed by atoms with Crippen LogP contribution < -0.4 is 10.0 Å². The van der Waals surface area contributed by atoms with Gasteiger partial charge in [0.1, 0.15) is 0 Å². The maximum Gasteiger partial charge on any atom is 0.243 e. The van der Waals surface area contributed by atoms with Gasteiger partial charge in [-0.05, 0) is 59.2 Å². The summed E-state index contributed by atoms with van der Waals surface area (Å²) >= 11 is 12.1. The summed E-state index contributed by atoms with van der Waals surface area (Å²) in [7, 11) is -3.90. The lowest BCUT2D eigenvalue weighted by Crippen LogP contribution is -2.54. The minimum absolute atomic E-state index is 0.0832. The van der Waals surface area contributed by atoms with Crippen molar-refractivity contribution in [3.63, 3.8) is 0 Å². The predicted octanol–water partition coefficient (Wildman–Crippen LogP) is 5.24. The van der Waals surface area contributed by atoms with Crippen molar-refractivity contribution in [2.45, 2.75) is 23.6 Å². The van der Waals surface area contributed by atoms with E-state index in [9.17, 15) is 8.42 Å². The van der Waals surface area contributed by atoms with E-state index in [4.69, 9.17) is 28.3 Å². The largest absolute Gasteiger partial charge is 0.279 e. The number of pyridine rings is 1. The fourth-order valence-corrected chi connectivity index (χ4v) is 5.65. The number of nitrogens with one attached hydrogen (secondary N) is 2. The zero-order valence-electron chi connectivity index (χ0n) is 20.2. The first kappa shape index (κ1) is 26.3. The zero-order valence-corrected chi connectivity index (χ0v) is 22.5. The second kappa shape index (κ2) is 11.6. The summed E-state index contributed by atoms with van der Waals surface area (Å²) in [5, 5.41) is 11.1. The summed E-state index contributed by atoms with van der Waals surface area (Å²) < 4.78 is 29.5. The van der Waals surface area contributed by atoms with Crippen LogP contribution in [-0.4, -0.2) is 37.0 Å². The SMILES string of the molecule is O=S(=O)(NC(NCc1cccnc1)N1CC(c2ccccc2)C(c2ccc(Cl)cc2)=N1)c1ccc(Cl)cc1.